The Kier molecular flexibility index (Phi) is 4.66. The van der Waals surface area contributed by atoms with Crippen LogP contribution >= 0.6 is 27.3 Å². The summed E-state index contributed by atoms with van der Waals surface area (Å²) < 4.78 is 2.90. The first-order valence-electron chi connectivity index (χ1n) is 5.30. The van der Waals surface area contributed by atoms with E-state index in [-0.39, 0.29) is 0 Å². The summed E-state index contributed by atoms with van der Waals surface area (Å²) in [6, 6.07) is 2.11. The summed E-state index contributed by atoms with van der Waals surface area (Å²) in [4.78, 5) is 1.30. The summed E-state index contributed by atoms with van der Waals surface area (Å²) in [6.07, 6.45) is 1.92. The van der Waals surface area contributed by atoms with Crippen molar-refractivity contribution in [2.75, 3.05) is 6.54 Å². The molecule has 0 saturated heterocycles. The molecule has 0 aromatic carbocycles. The van der Waals surface area contributed by atoms with E-state index in [1.165, 1.54) is 4.88 Å². The van der Waals surface area contributed by atoms with Gasteiger partial charge in [-0.3, -0.25) is 4.68 Å². The number of aromatic nitrogens is 3. The Bertz CT molecular complexity index is 467. The summed E-state index contributed by atoms with van der Waals surface area (Å²) in [5, 5.41) is 13.4. The van der Waals surface area contributed by atoms with Gasteiger partial charge in [0, 0.05) is 40.6 Å². The third kappa shape index (κ3) is 3.88. The molecule has 0 saturated carbocycles. The number of nitrogens with one attached hydrogen (secondary N) is 1. The molecule has 7 heteroatoms. The van der Waals surface area contributed by atoms with E-state index >= 15 is 0 Å². The molecule has 92 valence electrons. The monoisotopic (exact) mass is 315 g/mol. The average Bonchev–Trinajstić information content (AvgIpc) is 2.89. The minimum absolute atomic E-state index is 0.583. The minimum atomic E-state index is 0.583. The fourth-order valence-electron chi connectivity index (χ4n) is 1.42. The number of thiophene rings is 1. The normalized spacial score (nSPS) is 10.9. The molecule has 2 heterocycles. The van der Waals surface area contributed by atoms with Crippen molar-refractivity contribution >= 4 is 27.3 Å². The summed E-state index contributed by atoms with van der Waals surface area (Å²) >= 11 is 5.17. The molecule has 2 rings (SSSR count). The fourth-order valence-corrected chi connectivity index (χ4v) is 2.84. The maximum absolute atomic E-state index is 5.44. The van der Waals surface area contributed by atoms with Crippen LogP contribution in [-0.4, -0.2) is 21.5 Å². The Balaban J connectivity index is 1.77. The zero-order chi connectivity index (χ0) is 12.1. The third-order valence-electron chi connectivity index (χ3n) is 2.17. The van der Waals surface area contributed by atoms with Gasteiger partial charge in [-0.05, 0) is 22.0 Å². The second-order valence-corrected chi connectivity index (χ2v) is 5.51. The van der Waals surface area contributed by atoms with E-state index in [4.69, 9.17) is 5.73 Å². The predicted molar refractivity (Wildman–Crippen MR) is 71.6 cm³/mol. The van der Waals surface area contributed by atoms with Crippen molar-refractivity contribution in [3.05, 3.63) is 32.7 Å². The van der Waals surface area contributed by atoms with Crippen LogP contribution < -0.4 is 11.1 Å². The van der Waals surface area contributed by atoms with E-state index in [9.17, 15) is 0 Å². The molecule has 0 bridgehead atoms. The Morgan fingerprint density at radius 2 is 2.35 bits per heavy atom. The molecular weight excluding hydrogens is 302 g/mol. The highest BCUT2D eigenvalue weighted by atomic mass is 79.9. The first-order valence-corrected chi connectivity index (χ1v) is 6.98. The van der Waals surface area contributed by atoms with Crippen LogP contribution in [0.5, 0.6) is 0 Å². The molecule has 17 heavy (non-hydrogen) atoms. The zero-order valence-corrected chi connectivity index (χ0v) is 11.7. The van der Waals surface area contributed by atoms with Crippen LogP contribution in [0.15, 0.2) is 22.1 Å². The first kappa shape index (κ1) is 12.7. The Morgan fingerprint density at radius 1 is 1.47 bits per heavy atom. The lowest BCUT2D eigenvalue weighted by atomic mass is 10.4. The number of hydrogen-bond donors (Lipinski definition) is 2. The highest BCUT2D eigenvalue weighted by molar-refractivity contribution is 9.10. The van der Waals surface area contributed by atoms with Crippen molar-refractivity contribution < 1.29 is 0 Å². The molecule has 0 aliphatic rings. The van der Waals surface area contributed by atoms with Crippen LogP contribution in [0.1, 0.15) is 10.6 Å². The number of hydrogen-bond acceptors (Lipinski definition) is 5. The third-order valence-corrected chi connectivity index (χ3v) is 3.87. The van der Waals surface area contributed by atoms with Gasteiger partial charge in [0.05, 0.1) is 12.2 Å². The molecular formula is C10H14BrN5S. The van der Waals surface area contributed by atoms with Gasteiger partial charge < -0.3 is 11.1 Å². The standard InChI is InChI=1S/C10H14BrN5S/c11-8-3-10(17-7-8)5-13-4-9-6-16(2-1-12)15-14-9/h3,6-7,13H,1-2,4-5,12H2. The van der Waals surface area contributed by atoms with Crippen LogP contribution in [0.25, 0.3) is 0 Å². The van der Waals surface area contributed by atoms with E-state index in [1.54, 1.807) is 16.0 Å². The number of nitrogens with two attached hydrogens (primary N) is 1. The van der Waals surface area contributed by atoms with Crippen LogP contribution in [0, 0.1) is 0 Å². The molecule has 5 nitrogen and oxygen atoms in total. The largest absolute Gasteiger partial charge is 0.329 e. The van der Waals surface area contributed by atoms with Crippen LogP contribution in [0.3, 0.4) is 0 Å². The summed E-state index contributed by atoms with van der Waals surface area (Å²) in [7, 11) is 0. The van der Waals surface area contributed by atoms with Crippen molar-refractivity contribution in [1.29, 1.82) is 0 Å². The molecule has 0 radical (unpaired) electrons. The van der Waals surface area contributed by atoms with Gasteiger partial charge in [0.2, 0.25) is 0 Å². The molecule has 0 amide bonds. The molecule has 0 fully saturated rings. The molecule has 2 aromatic heterocycles. The first-order chi connectivity index (χ1) is 8.28. The topological polar surface area (TPSA) is 68.8 Å². The SMILES string of the molecule is NCCn1cc(CNCc2cc(Br)cs2)nn1. The fraction of sp³-hybridized carbons (Fsp3) is 0.400. The highest BCUT2D eigenvalue weighted by Gasteiger charge is 2.01. The van der Waals surface area contributed by atoms with E-state index in [2.05, 4.69) is 43.0 Å². The van der Waals surface area contributed by atoms with Crippen molar-refractivity contribution in [3.8, 4) is 0 Å². The van der Waals surface area contributed by atoms with Gasteiger partial charge in [0.1, 0.15) is 0 Å². The second-order valence-electron chi connectivity index (χ2n) is 3.60. The van der Waals surface area contributed by atoms with Crippen molar-refractivity contribution in [2.24, 2.45) is 5.73 Å². The zero-order valence-electron chi connectivity index (χ0n) is 9.27. The molecule has 2 aromatic rings. The van der Waals surface area contributed by atoms with E-state index in [0.29, 0.717) is 13.1 Å². The lowest BCUT2D eigenvalue weighted by molar-refractivity contribution is 0.598. The quantitative estimate of drug-likeness (QED) is 0.844. The lowest BCUT2D eigenvalue weighted by Crippen LogP contribution is -2.12. The predicted octanol–water partition coefficient (Wildman–Crippen LogP) is 1.35. The van der Waals surface area contributed by atoms with Gasteiger partial charge in [0.25, 0.3) is 0 Å². The van der Waals surface area contributed by atoms with Crippen LogP contribution in [-0.2, 0) is 19.6 Å². The Labute approximate surface area is 112 Å². The second kappa shape index (κ2) is 6.25. The Hall–Kier alpha value is -0.760. The van der Waals surface area contributed by atoms with Crippen molar-refractivity contribution in [1.82, 2.24) is 20.3 Å². The van der Waals surface area contributed by atoms with Crippen LogP contribution in [0.4, 0.5) is 0 Å². The molecule has 0 spiro atoms. The van der Waals surface area contributed by atoms with Crippen LogP contribution in [0.2, 0.25) is 0 Å². The Morgan fingerprint density at radius 3 is 3.06 bits per heavy atom. The summed E-state index contributed by atoms with van der Waals surface area (Å²) in [6.45, 7) is 2.87. The maximum atomic E-state index is 5.44. The molecule has 0 unspecified atom stereocenters. The number of rotatable bonds is 6. The number of halogens is 1. The molecule has 0 atom stereocenters. The van der Waals surface area contributed by atoms with E-state index < -0.39 is 0 Å². The lowest BCUT2D eigenvalue weighted by Gasteiger charge is -1.98. The minimum Gasteiger partial charge on any atom is -0.329 e. The van der Waals surface area contributed by atoms with Gasteiger partial charge in [-0.1, -0.05) is 5.21 Å². The van der Waals surface area contributed by atoms with Gasteiger partial charge in [-0.25, -0.2) is 0 Å². The molecule has 0 aliphatic heterocycles. The van der Waals surface area contributed by atoms with Gasteiger partial charge in [-0.15, -0.1) is 16.4 Å². The molecule has 3 N–H and O–H groups in total. The van der Waals surface area contributed by atoms with E-state index in [1.807, 2.05) is 6.20 Å². The molecule has 0 aliphatic carbocycles. The van der Waals surface area contributed by atoms with Gasteiger partial charge in [-0.2, -0.15) is 0 Å². The summed E-state index contributed by atoms with van der Waals surface area (Å²) in [5.74, 6) is 0. The maximum Gasteiger partial charge on any atom is 0.0964 e. The average molecular weight is 316 g/mol. The van der Waals surface area contributed by atoms with Gasteiger partial charge >= 0.3 is 0 Å². The highest BCUT2D eigenvalue weighted by Crippen LogP contribution is 2.19. The van der Waals surface area contributed by atoms with E-state index in [0.717, 1.165) is 23.3 Å². The number of nitrogens with zero attached hydrogens (tertiary/aromatic N) is 3. The smallest absolute Gasteiger partial charge is 0.0964 e. The van der Waals surface area contributed by atoms with Gasteiger partial charge in [0.15, 0.2) is 0 Å². The van der Waals surface area contributed by atoms with Crippen molar-refractivity contribution in [2.45, 2.75) is 19.6 Å². The summed E-state index contributed by atoms with van der Waals surface area (Å²) in [5.41, 5.74) is 6.38. The van der Waals surface area contributed by atoms with Crippen molar-refractivity contribution in [3.63, 3.8) is 0 Å².